The first-order valence-electron chi connectivity index (χ1n) is 4.53. The highest BCUT2D eigenvalue weighted by atomic mass is 79.9. The van der Waals surface area contributed by atoms with Crippen molar-refractivity contribution in [2.75, 3.05) is 6.61 Å². The molecule has 0 aliphatic rings. The molecule has 78 valence electrons. The monoisotopic (exact) mass is 268 g/mol. The van der Waals surface area contributed by atoms with Gasteiger partial charge in [0.25, 0.3) is 0 Å². The Morgan fingerprint density at radius 1 is 1.67 bits per heavy atom. The van der Waals surface area contributed by atoms with Crippen LogP contribution in [0.15, 0.2) is 22.8 Å². The number of rotatable bonds is 2. The van der Waals surface area contributed by atoms with Gasteiger partial charge in [0.05, 0.1) is 16.6 Å². The quantitative estimate of drug-likeness (QED) is 0.852. The van der Waals surface area contributed by atoms with Crippen molar-refractivity contribution < 1.29 is 9.53 Å². The molecule has 0 fully saturated rings. The molecule has 0 spiro atoms. The standard InChI is InChI=1S/C10H9BrN2O2/c1-2-15-10(14)9-7(11)8-6(13-9)4-3-5-12-8/h3-5,13H,2H2,1H3. The van der Waals surface area contributed by atoms with Crippen LogP contribution in [0, 0.1) is 0 Å². The summed E-state index contributed by atoms with van der Waals surface area (Å²) >= 11 is 3.33. The Bertz CT molecular complexity index is 507. The maximum atomic E-state index is 11.5. The average Bonchev–Trinajstić information content (AvgIpc) is 2.57. The summed E-state index contributed by atoms with van der Waals surface area (Å²) < 4.78 is 5.56. The summed E-state index contributed by atoms with van der Waals surface area (Å²) in [6.45, 7) is 2.13. The Morgan fingerprint density at radius 3 is 3.13 bits per heavy atom. The van der Waals surface area contributed by atoms with Crippen LogP contribution in [-0.4, -0.2) is 22.5 Å². The lowest BCUT2D eigenvalue weighted by molar-refractivity contribution is 0.0519. The molecule has 1 N–H and O–H groups in total. The smallest absolute Gasteiger partial charge is 0.356 e. The van der Waals surface area contributed by atoms with Crippen molar-refractivity contribution in [1.82, 2.24) is 9.97 Å². The third-order valence-electron chi connectivity index (χ3n) is 1.97. The van der Waals surface area contributed by atoms with Crippen LogP contribution in [0.2, 0.25) is 0 Å². The van der Waals surface area contributed by atoms with E-state index in [9.17, 15) is 4.79 Å². The number of halogens is 1. The number of aromatic amines is 1. The minimum Gasteiger partial charge on any atom is -0.461 e. The predicted molar refractivity (Wildman–Crippen MR) is 59.8 cm³/mol. The molecule has 0 aromatic carbocycles. The number of hydrogen-bond acceptors (Lipinski definition) is 3. The third kappa shape index (κ3) is 1.74. The molecule has 2 aromatic rings. The Balaban J connectivity index is 2.53. The van der Waals surface area contributed by atoms with Gasteiger partial charge in [-0.3, -0.25) is 4.98 Å². The van der Waals surface area contributed by atoms with E-state index in [1.807, 2.05) is 6.07 Å². The molecule has 2 heterocycles. The number of carbonyl (C=O) groups excluding carboxylic acids is 1. The fourth-order valence-corrected chi connectivity index (χ4v) is 1.91. The van der Waals surface area contributed by atoms with Gasteiger partial charge in [-0.15, -0.1) is 0 Å². The third-order valence-corrected chi connectivity index (χ3v) is 2.75. The van der Waals surface area contributed by atoms with Gasteiger partial charge in [0, 0.05) is 6.20 Å². The summed E-state index contributed by atoms with van der Waals surface area (Å²) in [6.07, 6.45) is 1.68. The first-order chi connectivity index (χ1) is 7.24. The zero-order valence-electron chi connectivity index (χ0n) is 8.08. The number of carbonyl (C=O) groups is 1. The summed E-state index contributed by atoms with van der Waals surface area (Å²) in [4.78, 5) is 18.6. The lowest BCUT2D eigenvalue weighted by Crippen LogP contribution is -2.05. The lowest BCUT2D eigenvalue weighted by Gasteiger charge is -1.98. The average molecular weight is 269 g/mol. The van der Waals surface area contributed by atoms with Crippen molar-refractivity contribution in [2.24, 2.45) is 0 Å². The van der Waals surface area contributed by atoms with Crippen LogP contribution in [0.25, 0.3) is 11.0 Å². The number of nitrogens with zero attached hydrogens (tertiary/aromatic N) is 1. The first-order valence-corrected chi connectivity index (χ1v) is 5.32. The van der Waals surface area contributed by atoms with E-state index < -0.39 is 0 Å². The van der Waals surface area contributed by atoms with Crippen molar-refractivity contribution >= 4 is 32.9 Å². The molecular formula is C10H9BrN2O2. The molecule has 0 saturated heterocycles. The predicted octanol–water partition coefficient (Wildman–Crippen LogP) is 2.50. The van der Waals surface area contributed by atoms with Crippen molar-refractivity contribution in [3.05, 3.63) is 28.5 Å². The molecule has 2 rings (SSSR count). The first kappa shape index (κ1) is 10.2. The Morgan fingerprint density at radius 2 is 2.47 bits per heavy atom. The molecule has 0 radical (unpaired) electrons. The maximum absolute atomic E-state index is 11.5. The van der Waals surface area contributed by atoms with E-state index in [1.165, 1.54) is 0 Å². The highest BCUT2D eigenvalue weighted by molar-refractivity contribution is 9.10. The van der Waals surface area contributed by atoms with Gasteiger partial charge < -0.3 is 9.72 Å². The van der Waals surface area contributed by atoms with E-state index in [0.29, 0.717) is 16.8 Å². The van der Waals surface area contributed by atoms with Gasteiger partial charge in [-0.25, -0.2) is 4.79 Å². The zero-order chi connectivity index (χ0) is 10.8. The van der Waals surface area contributed by atoms with Crippen molar-refractivity contribution in [1.29, 1.82) is 0 Å². The summed E-state index contributed by atoms with van der Waals surface area (Å²) in [7, 11) is 0. The van der Waals surface area contributed by atoms with Crippen LogP contribution >= 0.6 is 15.9 Å². The number of H-pyrrole nitrogens is 1. The molecule has 0 amide bonds. The second-order valence-corrected chi connectivity index (χ2v) is 3.73. The Kier molecular flexibility index (Phi) is 2.73. The van der Waals surface area contributed by atoms with E-state index >= 15 is 0 Å². The lowest BCUT2D eigenvalue weighted by atomic mass is 10.4. The number of fused-ring (bicyclic) bond motifs is 1. The van der Waals surface area contributed by atoms with Crippen LogP contribution in [0.4, 0.5) is 0 Å². The van der Waals surface area contributed by atoms with Crippen LogP contribution in [0.3, 0.4) is 0 Å². The number of ether oxygens (including phenoxy) is 1. The molecule has 15 heavy (non-hydrogen) atoms. The molecular weight excluding hydrogens is 260 g/mol. The number of pyridine rings is 1. The number of aromatic nitrogens is 2. The number of hydrogen-bond donors (Lipinski definition) is 1. The van der Waals surface area contributed by atoms with E-state index in [0.717, 1.165) is 11.0 Å². The molecule has 0 bridgehead atoms. The van der Waals surface area contributed by atoms with Gasteiger partial charge in [-0.2, -0.15) is 0 Å². The Labute approximate surface area is 94.8 Å². The second-order valence-electron chi connectivity index (χ2n) is 2.93. The van der Waals surface area contributed by atoms with E-state index in [4.69, 9.17) is 4.74 Å². The van der Waals surface area contributed by atoms with Crippen LogP contribution in [-0.2, 0) is 4.74 Å². The highest BCUT2D eigenvalue weighted by Crippen LogP contribution is 2.26. The fraction of sp³-hybridized carbons (Fsp3) is 0.200. The van der Waals surface area contributed by atoms with E-state index in [-0.39, 0.29) is 5.97 Å². The molecule has 0 unspecified atom stereocenters. The van der Waals surface area contributed by atoms with Crippen molar-refractivity contribution in [3.63, 3.8) is 0 Å². The zero-order valence-corrected chi connectivity index (χ0v) is 9.67. The Hall–Kier alpha value is -1.36. The van der Waals surface area contributed by atoms with E-state index in [2.05, 4.69) is 25.9 Å². The maximum Gasteiger partial charge on any atom is 0.356 e. The summed E-state index contributed by atoms with van der Waals surface area (Å²) in [5, 5.41) is 0. The largest absolute Gasteiger partial charge is 0.461 e. The molecule has 0 atom stereocenters. The van der Waals surface area contributed by atoms with Gasteiger partial charge >= 0.3 is 5.97 Å². The molecule has 4 nitrogen and oxygen atoms in total. The highest BCUT2D eigenvalue weighted by Gasteiger charge is 2.17. The van der Waals surface area contributed by atoms with Crippen molar-refractivity contribution in [2.45, 2.75) is 6.92 Å². The minimum absolute atomic E-state index is 0.355. The number of nitrogens with one attached hydrogen (secondary N) is 1. The molecule has 0 aliphatic heterocycles. The van der Waals surface area contributed by atoms with Gasteiger partial charge in [0.2, 0.25) is 0 Å². The minimum atomic E-state index is -0.373. The molecule has 0 saturated carbocycles. The van der Waals surface area contributed by atoms with E-state index in [1.54, 1.807) is 19.2 Å². The summed E-state index contributed by atoms with van der Waals surface area (Å²) in [5.74, 6) is -0.373. The van der Waals surface area contributed by atoms with Gasteiger partial charge in [-0.05, 0) is 35.0 Å². The van der Waals surface area contributed by atoms with Gasteiger partial charge in [0.1, 0.15) is 11.2 Å². The number of esters is 1. The van der Waals surface area contributed by atoms with Gasteiger partial charge in [0.15, 0.2) is 0 Å². The molecule has 5 heteroatoms. The van der Waals surface area contributed by atoms with Crippen molar-refractivity contribution in [3.8, 4) is 0 Å². The summed E-state index contributed by atoms with van der Waals surface area (Å²) in [5.41, 5.74) is 1.96. The topological polar surface area (TPSA) is 55.0 Å². The fourth-order valence-electron chi connectivity index (χ4n) is 1.33. The van der Waals surface area contributed by atoms with Gasteiger partial charge in [-0.1, -0.05) is 0 Å². The van der Waals surface area contributed by atoms with Crippen LogP contribution in [0.1, 0.15) is 17.4 Å². The molecule has 2 aromatic heterocycles. The second kappa shape index (κ2) is 4.02. The van der Waals surface area contributed by atoms with Crippen LogP contribution in [0.5, 0.6) is 0 Å². The SMILES string of the molecule is CCOC(=O)c1[nH]c2cccnc2c1Br. The summed E-state index contributed by atoms with van der Waals surface area (Å²) in [6, 6.07) is 3.66. The normalized spacial score (nSPS) is 10.5. The van der Waals surface area contributed by atoms with Crippen LogP contribution < -0.4 is 0 Å². The molecule has 0 aliphatic carbocycles.